The zero-order valence-corrected chi connectivity index (χ0v) is 21.7. The molecule has 0 saturated carbocycles. The molecular weight excluding hydrogens is 484 g/mol. The van der Waals surface area contributed by atoms with E-state index in [4.69, 9.17) is 9.47 Å². The van der Waals surface area contributed by atoms with Crippen LogP contribution >= 0.6 is 0 Å². The number of carbonyl (C=O) groups excluding carboxylic acids is 2. The predicted molar refractivity (Wildman–Crippen MR) is 137 cm³/mol. The summed E-state index contributed by atoms with van der Waals surface area (Å²) in [7, 11) is -2.21. The summed E-state index contributed by atoms with van der Waals surface area (Å²) in [6.45, 7) is 7.71. The van der Waals surface area contributed by atoms with Crippen LogP contribution in [0.1, 0.15) is 52.7 Å². The topological polar surface area (TPSA) is 137 Å². The summed E-state index contributed by atoms with van der Waals surface area (Å²) in [5, 5.41) is 2.82. The molecule has 1 amide bonds. The first-order chi connectivity index (χ1) is 16.8. The highest BCUT2D eigenvalue weighted by molar-refractivity contribution is 7.92. The van der Waals surface area contributed by atoms with Crippen LogP contribution in [0.3, 0.4) is 0 Å². The van der Waals surface area contributed by atoms with Crippen molar-refractivity contribution in [1.82, 2.24) is 9.97 Å². The molecule has 2 N–H and O–H groups in total. The highest BCUT2D eigenvalue weighted by Crippen LogP contribution is 2.39. The first kappa shape index (κ1) is 26.6. The van der Waals surface area contributed by atoms with Crippen molar-refractivity contribution >= 4 is 33.6 Å². The number of amides is 1. The van der Waals surface area contributed by atoms with Crippen LogP contribution in [0.5, 0.6) is 17.4 Å². The van der Waals surface area contributed by atoms with Crippen LogP contribution in [0.25, 0.3) is 0 Å². The molecule has 0 aliphatic heterocycles. The Kier molecular flexibility index (Phi) is 7.63. The average Bonchev–Trinajstić information content (AvgIpc) is 2.78. The second-order valence-electron chi connectivity index (χ2n) is 9.16. The molecule has 0 aliphatic rings. The van der Waals surface area contributed by atoms with E-state index >= 15 is 0 Å². The van der Waals surface area contributed by atoms with E-state index in [9.17, 15) is 18.0 Å². The third-order valence-electron chi connectivity index (χ3n) is 5.15. The molecule has 190 valence electrons. The molecule has 0 saturated heterocycles. The van der Waals surface area contributed by atoms with Crippen molar-refractivity contribution in [3.63, 3.8) is 0 Å². The summed E-state index contributed by atoms with van der Waals surface area (Å²) >= 11 is 0. The van der Waals surface area contributed by atoms with Crippen LogP contribution in [0.15, 0.2) is 42.7 Å². The predicted octanol–water partition coefficient (Wildman–Crippen LogP) is 4.32. The fourth-order valence-electron chi connectivity index (χ4n) is 3.28. The molecule has 11 heteroatoms. The number of hydrogen-bond acceptors (Lipinski definition) is 8. The van der Waals surface area contributed by atoms with Gasteiger partial charge in [0, 0.05) is 11.6 Å². The van der Waals surface area contributed by atoms with Crippen LogP contribution in [0.2, 0.25) is 0 Å². The van der Waals surface area contributed by atoms with Crippen molar-refractivity contribution in [3.8, 4) is 17.4 Å². The van der Waals surface area contributed by atoms with Gasteiger partial charge in [-0.15, -0.1) is 0 Å². The molecule has 1 aromatic heterocycles. The Morgan fingerprint density at radius 3 is 2.36 bits per heavy atom. The summed E-state index contributed by atoms with van der Waals surface area (Å²) in [6, 6.07) is 9.71. The van der Waals surface area contributed by atoms with Crippen LogP contribution < -0.4 is 19.5 Å². The maximum Gasteiger partial charge on any atom is 0.255 e. The lowest BCUT2D eigenvalue weighted by atomic mass is 9.86. The highest BCUT2D eigenvalue weighted by Gasteiger charge is 2.22. The summed E-state index contributed by atoms with van der Waals surface area (Å²) in [5.41, 5.74) is 2.14. The van der Waals surface area contributed by atoms with Crippen molar-refractivity contribution < 1.29 is 27.5 Å². The van der Waals surface area contributed by atoms with Crippen molar-refractivity contribution in [2.45, 2.75) is 33.1 Å². The Balaban J connectivity index is 1.98. The van der Waals surface area contributed by atoms with Gasteiger partial charge in [0.1, 0.15) is 17.8 Å². The van der Waals surface area contributed by atoms with E-state index in [0.717, 1.165) is 17.4 Å². The number of methoxy groups -OCH3 is 1. The molecule has 0 unspecified atom stereocenters. The van der Waals surface area contributed by atoms with E-state index in [1.165, 1.54) is 19.5 Å². The molecule has 36 heavy (non-hydrogen) atoms. The average molecular weight is 513 g/mol. The monoisotopic (exact) mass is 512 g/mol. The van der Waals surface area contributed by atoms with E-state index in [1.807, 2.05) is 20.8 Å². The van der Waals surface area contributed by atoms with Gasteiger partial charge in [0.2, 0.25) is 15.9 Å². The highest BCUT2D eigenvalue weighted by atomic mass is 32.2. The fourth-order valence-corrected chi connectivity index (χ4v) is 3.83. The molecule has 0 aliphatic carbocycles. The number of aromatic nitrogens is 2. The van der Waals surface area contributed by atoms with Gasteiger partial charge in [0.05, 0.1) is 24.7 Å². The van der Waals surface area contributed by atoms with Gasteiger partial charge >= 0.3 is 0 Å². The van der Waals surface area contributed by atoms with Crippen LogP contribution in [-0.2, 0) is 15.4 Å². The smallest absolute Gasteiger partial charge is 0.255 e. The second-order valence-corrected chi connectivity index (χ2v) is 10.9. The Labute approximate surface area is 210 Å². The molecule has 3 rings (SSSR count). The van der Waals surface area contributed by atoms with Gasteiger partial charge in [-0.2, -0.15) is 0 Å². The maximum atomic E-state index is 13.2. The maximum absolute atomic E-state index is 13.2. The minimum absolute atomic E-state index is 0.156. The number of carbonyl (C=O) groups is 2. The largest absolute Gasteiger partial charge is 0.492 e. The van der Waals surface area contributed by atoms with Crippen molar-refractivity contribution in [1.29, 1.82) is 0 Å². The molecule has 0 fully saturated rings. The molecule has 1 heterocycles. The Morgan fingerprint density at radius 2 is 1.75 bits per heavy atom. The normalized spacial score (nSPS) is 11.5. The first-order valence-corrected chi connectivity index (χ1v) is 12.8. The zero-order valence-electron chi connectivity index (χ0n) is 20.9. The summed E-state index contributed by atoms with van der Waals surface area (Å²) in [6.07, 6.45) is 2.83. The van der Waals surface area contributed by atoms with Crippen LogP contribution in [0.4, 0.5) is 11.4 Å². The van der Waals surface area contributed by atoms with Gasteiger partial charge in [-0.3, -0.25) is 14.3 Å². The van der Waals surface area contributed by atoms with Crippen LogP contribution in [-0.4, -0.2) is 43.9 Å². The minimum atomic E-state index is -3.61. The lowest BCUT2D eigenvalue weighted by molar-refractivity contribution is 0.102. The number of rotatable bonds is 8. The van der Waals surface area contributed by atoms with Gasteiger partial charge in [-0.05, 0) is 47.7 Å². The van der Waals surface area contributed by atoms with Gasteiger partial charge in [0.25, 0.3) is 5.91 Å². The van der Waals surface area contributed by atoms with E-state index < -0.39 is 15.9 Å². The summed E-state index contributed by atoms with van der Waals surface area (Å²) < 4.78 is 37.6. The molecule has 0 radical (unpaired) electrons. The van der Waals surface area contributed by atoms with Crippen LogP contribution in [0, 0.1) is 6.92 Å². The van der Waals surface area contributed by atoms with E-state index in [1.54, 1.807) is 37.3 Å². The number of anilines is 2. The Morgan fingerprint density at radius 1 is 1.06 bits per heavy atom. The van der Waals surface area contributed by atoms with Gasteiger partial charge in [-0.1, -0.05) is 26.8 Å². The molecule has 3 aromatic rings. The lowest BCUT2D eigenvalue weighted by Crippen LogP contribution is -2.18. The minimum Gasteiger partial charge on any atom is -0.492 e. The Hall–Kier alpha value is -3.99. The number of aryl methyl sites for hydroxylation is 1. The van der Waals surface area contributed by atoms with E-state index in [-0.39, 0.29) is 34.0 Å². The van der Waals surface area contributed by atoms with Crippen molar-refractivity contribution in [2.24, 2.45) is 0 Å². The lowest BCUT2D eigenvalue weighted by Gasteiger charge is -2.24. The number of ether oxygens (including phenoxy) is 2. The number of hydrogen-bond donors (Lipinski definition) is 2. The van der Waals surface area contributed by atoms with Crippen molar-refractivity contribution in [2.75, 3.05) is 23.4 Å². The second kappa shape index (κ2) is 10.3. The van der Waals surface area contributed by atoms with Gasteiger partial charge in [-0.25, -0.2) is 18.4 Å². The Bertz CT molecular complexity index is 1410. The number of aldehydes is 1. The molecule has 0 atom stereocenters. The number of nitrogens with one attached hydrogen (secondary N) is 2. The molecule has 10 nitrogen and oxygen atoms in total. The van der Waals surface area contributed by atoms with Gasteiger partial charge < -0.3 is 14.8 Å². The molecule has 0 spiro atoms. The SMILES string of the molecule is COc1c(NC(=O)c2ccc(C)c(Oc3cc(C=O)ncn3)c2)cc(C(C)(C)C)cc1NS(C)(=O)=O. The molecule has 0 bridgehead atoms. The molecular formula is C25H28N4O6S. The number of nitrogens with zero attached hydrogens (tertiary/aromatic N) is 2. The number of sulfonamides is 1. The van der Waals surface area contributed by atoms with E-state index in [2.05, 4.69) is 20.0 Å². The quantitative estimate of drug-likeness (QED) is 0.426. The fraction of sp³-hybridized carbons (Fsp3) is 0.280. The van der Waals surface area contributed by atoms with Gasteiger partial charge in [0.15, 0.2) is 12.0 Å². The first-order valence-electron chi connectivity index (χ1n) is 10.9. The third-order valence-corrected chi connectivity index (χ3v) is 5.74. The molecule has 2 aromatic carbocycles. The standard InChI is InChI=1S/C25H28N4O6S/c1-15-7-8-16(9-21(15)35-22-12-18(13-30)26-14-27-22)24(31)28-19-10-17(25(2,3)4)11-20(23(19)34-5)29-36(6,32)33/h7-14,29H,1-6H3,(H,28,31). The van der Waals surface area contributed by atoms with Crippen molar-refractivity contribution in [3.05, 3.63) is 65.1 Å². The van der Waals surface area contributed by atoms with E-state index in [0.29, 0.717) is 17.7 Å². The summed E-state index contributed by atoms with van der Waals surface area (Å²) in [4.78, 5) is 32.0. The number of benzene rings is 2. The summed E-state index contributed by atoms with van der Waals surface area (Å²) in [5.74, 6) is 0.232. The zero-order chi connectivity index (χ0) is 26.7. The third kappa shape index (κ3) is 6.57.